The topological polar surface area (TPSA) is 79.5 Å². The highest BCUT2D eigenvalue weighted by Crippen LogP contribution is 2.18. The van der Waals surface area contributed by atoms with Crippen LogP contribution in [0.4, 0.5) is 0 Å². The Bertz CT molecular complexity index is 383. The molecule has 2 rings (SSSR count). The second-order valence-corrected chi connectivity index (χ2v) is 4.33. The summed E-state index contributed by atoms with van der Waals surface area (Å²) < 4.78 is 5.43. The summed E-state index contributed by atoms with van der Waals surface area (Å²) in [6, 6.07) is 0. The van der Waals surface area contributed by atoms with Gasteiger partial charge in [-0.15, -0.1) is 10.2 Å². The summed E-state index contributed by atoms with van der Waals surface area (Å²) >= 11 is 0. The number of carboxylic acids is 1. The van der Waals surface area contributed by atoms with Gasteiger partial charge in [-0.25, -0.2) is 0 Å². The molecule has 0 aliphatic carbocycles. The molecule has 2 heterocycles. The molecule has 1 aromatic heterocycles. The lowest BCUT2D eigenvalue weighted by molar-refractivity contribution is -0.143. The second-order valence-electron chi connectivity index (χ2n) is 4.33. The summed E-state index contributed by atoms with van der Waals surface area (Å²) in [5, 5.41) is 16.8. The molecule has 6 nitrogen and oxygen atoms in total. The molecule has 0 atom stereocenters. The van der Waals surface area contributed by atoms with Gasteiger partial charge in [0.05, 0.1) is 12.5 Å². The van der Waals surface area contributed by atoms with E-state index in [9.17, 15) is 4.79 Å². The van der Waals surface area contributed by atoms with Crippen molar-refractivity contribution >= 4 is 5.97 Å². The van der Waals surface area contributed by atoms with Crippen molar-refractivity contribution in [3.63, 3.8) is 0 Å². The van der Waals surface area contributed by atoms with E-state index in [-0.39, 0.29) is 5.92 Å². The number of hydrogen-bond donors (Lipinski definition) is 1. The minimum absolute atomic E-state index is 0.194. The zero-order valence-electron chi connectivity index (χ0n) is 9.93. The van der Waals surface area contributed by atoms with Gasteiger partial charge in [0.15, 0.2) is 0 Å². The van der Waals surface area contributed by atoms with Crippen LogP contribution in [-0.2, 0) is 17.8 Å². The van der Waals surface area contributed by atoms with E-state index in [0.717, 1.165) is 19.5 Å². The molecule has 0 aromatic carbocycles. The Morgan fingerprint density at radius 2 is 2.06 bits per heavy atom. The summed E-state index contributed by atoms with van der Waals surface area (Å²) in [5.41, 5.74) is 0. The first-order valence-electron chi connectivity index (χ1n) is 5.95. The number of likely N-dealkylation sites (tertiary alicyclic amines) is 1. The SMILES string of the molecule is CCc1nnc(CN2CCC(C(=O)O)CC2)o1. The van der Waals surface area contributed by atoms with Gasteiger partial charge >= 0.3 is 5.97 Å². The van der Waals surface area contributed by atoms with E-state index < -0.39 is 5.97 Å². The van der Waals surface area contributed by atoms with Gasteiger partial charge in [-0.05, 0) is 25.9 Å². The molecule has 1 aliphatic heterocycles. The Balaban J connectivity index is 1.83. The van der Waals surface area contributed by atoms with Gasteiger partial charge in [-0.2, -0.15) is 0 Å². The lowest BCUT2D eigenvalue weighted by Crippen LogP contribution is -2.35. The highest BCUT2D eigenvalue weighted by atomic mass is 16.4. The highest BCUT2D eigenvalue weighted by Gasteiger charge is 2.25. The lowest BCUT2D eigenvalue weighted by atomic mass is 9.97. The third kappa shape index (κ3) is 3.03. The minimum Gasteiger partial charge on any atom is -0.481 e. The summed E-state index contributed by atoms with van der Waals surface area (Å²) in [7, 11) is 0. The van der Waals surface area contributed by atoms with Gasteiger partial charge in [0.1, 0.15) is 0 Å². The van der Waals surface area contributed by atoms with Crippen LogP contribution in [0.15, 0.2) is 4.42 Å². The first-order valence-corrected chi connectivity index (χ1v) is 5.95. The Hall–Kier alpha value is -1.43. The minimum atomic E-state index is -0.685. The van der Waals surface area contributed by atoms with E-state index >= 15 is 0 Å². The molecular weight excluding hydrogens is 222 g/mol. The van der Waals surface area contributed by atoms with E-state index in [1.165, 1.54) is 0 Å². The zero-order valence-corrected chi connectivity index (χ0v) is 9.93. The summed E-state index contributed by atoms with van der Waals surface area (Å²) in [6.07, 6.45) is 2.14. The van der Waals surface area contributed by atoms with Crippen molar-refractivity contribution in [2.24, 2.45) is 5.92 Å². The molecule has 0 unspecified atom stereocenters. The van der Waals surface area contributed by atoms with Crippen molar-refractivity contribution in [3.8, 4) is 0 Å². The van der Waals surface area contributed by atoms with E-state index in [1.54, 1.807) is 0 Å². The van der Waals surface area contributed by atoms with Crippen molar-refractivity contribution in [2.75, 3.05) is 13.1 Å². The number of hydrogen-bond acceptors (Lipinski definition) is 5. The maximum Gasteiger partial charge on any atom is 0.306 e. The van der Waals surface area contributed by atoms with Gasteiger partial charge in [-0.1, -0.05) is 6.92 Å². The van der Waals surface area contributed by atoms with Gasteiger partial charge in [0, 0.05) is 6.42 Å². The third-order valence-electron chi connectivity index (χ3n) is 3.11. The third-order valence-corrected chi connectivity index (χ3v) is 3.11. The van der Waals surface area contributed by atoms with Gasteiger partial charge in [0.2, 0.25) is 11.8 Å². The molecule has 17 heavy (non-hydrogen) atoms. The molecule has 6 heteroatoms. The van der Waals surface area contributed by atoms with Crippen LogP contribution in [0.5, 0.6) is 0 Å². The fourth-order valence-electron chi connectivity index (χ4n) is 2.02. The van der Waals surface area contributed by atoms with Crippen molar-refractivity contribution in [3.05, 3.63) is 11.8 Å². The molecule has 1 saturated heterocycles. The summed E-state index contributed by atoms with van der Waals surface area (Å²) in [4.78, 5) is 13.0. The fraction of sp³-hybridized carbons (Fsp3) is 0.727. The standard InChI is InChI=1S/C11H17N3O3/c1-2-9-12-13-10(17-9)7-14-5-3-8(4-6-14)11(15)16/h8H,2-7H2,1H3,(H,15,16). The number of rotatable bonds is 4. The number of piperidine rings is 1. The Labute approximate surface area is 99.6 Å². The first-order chi connectivity index (χ1) is 8.19. The van der Waals surface area contributed by atoms with E-state index in [2.05, 4.69) is 15.1 Å². The monoisotopic (exact) mass is 239 g/mol. The van der Waals surface area contributed by atoms with Crippen LogP contribution in [-0.4, -0.2) is 39.3 Å². The Morgan fingerprint density at radius 3 is 2.59 bits per heavy atom. The highest BCUT2D eigenvalue weighted by molar-refractivity contribution is 5.70. The van der Waals surface area contributed by atoms with Crippen molar-refractivity contribution < 1.29 is 14.3 Å². The molecule has 0 spiro atoms. The predicted octanol–water partition coefficient (Wildman–Crippen LogP) is 0.929. The molecule has 0 amide bonds. The molecule has 1 aromatic rings. The second kappa shape index (κ2) is 5.27. The van der Waals surface area contributed by atoms with Crippen LogP contribution in [0.1, 0.15) is 31.5 Å². The normalized spacial score (nSPS) is 18.4. The van der Waals surface area contributed by atoms with Crippen LogP contribution >= 0.6 is 0 Å². The van der Waals surface area contributed by atoms with Gasteiger partial charge in [0.25, 0.3) is 0 Å². The number of carboxylic acid groups (broad SMARTS) is 1. The number of aryl methyl sites for hydroxylation is 1. The average Bonchev–Trinajstić information content (AvgIpc) is 2.77. The van der Waals surface area contributed by atoms with Gasteiger partial charge < -0.3 is 9.52 Å². The van der Waals surface area contributed by atoms with Crippen LogP contribution in [0.25, 0.3) is 0 Å². The van der Waals surface area contributed by atoms with Crippen LogP contribution in [0, 0.1) is 5.92 Å². The first kappa shape index (κ1) is 12.0. The largest absolute Gasteiger partial charge is 0.481 e. The maximum absolute atomic E-state index is 10.8. The van der Waals surface area contributed by atoms with E-state index in [4.69, 9.17) is 9.52 Å². The van der Waals surface area contributed by atoms with Crippen LogP contribution in [0.2, 0.25) is 0 Å². The molecule has 0 saturated carbocycles. The molecule has 1 aliphatic rings. The van der Waals surface area contributed by atoms with Crippen molar-refractivity contribution in [1.29, 1.82) is 0 Å². The molecule has 0 bridgehead atoms. The molecule has 1 fully saturated rings. The smallest absolute Gasteiger partial charge is 0.306 e. The van der Waals surface area contributed by atoms with Crippen LogP contribution in [0.3, 0.4) is 0 Å². The molecule has 94 valence electrons. The number of aromatic nitrogens is 2. The fourth-order valence-corrected chi connectivity index (χ4v) is 2.02. The van der Waals surface area contributed by atoms with Gasteiger partial charge in [-0.3, -0.25) is 9.69 Å². The quantitative estimate of drug-likeness (QED) is 0.842. The Morgan fingerprint density at radius 1 is 1.41 bits per heavy atom. The van der Waals surface area contributed by atoms with E-state index in [1.807, 2.05) is 6.92 Å². The predicted molar refractivity (Wildman–Crippen MR) is 59.3 cm³/mol. The zero-order chi connectivity index (χ0) is 12.3. The average molecular weight is 239 g/mol. The lowest BCUT2D eigenvalue weighted by Gasteiger charge is -2.28. The summed E-state index contributed by atoms with van der Waals surface area (Å²) in [6.45, 7) is 4.15. The maximum atomic E-state index is 10.8. The van der Waals surface area contributed by atoms with Crippen molar-refractivity contribution in [1.82, 2.24) is 15.1 Å². The van der Waals surface area contributed by atoms with Crippen LogP contribution < -0.4 is 0 Å². The Kier molecular flexibility index (Phi) is 3.73. The molecule has 1 N–H and O–H groups in total. The summed E-state index contributed by atoms with van der Waals surface area (Å²) in [5.74, 6) is 0.395. The molecular formula is C11H17N3O3. The molecule has 0 radical (unpaired) electrons. The van der Waals surface area contributed by atoms with E-state index in [0.29, 0.717) is 31.2 Å². The number of carbonyl (C=O) groups is 1. The number of aliphatic carboxylic acids is 1. The van der Waals surface area contributed by atoms with Crippen molar-refractivity contribution in [2.45, 2.75) is 32.7 Å². The number of nitrogens with zero attached hydrogens (tertiary/aromatic N) is 3.